The maximum absolute atomic E-state index is 14.1. The normalized spacial score (nSPS) is 14.8. The Balaban J connectivity index is 1.54. The van der Waals surface area contributed by atoms with Gasteiger partial charge in [-0.25, -0.2) is 8.78 Å². The van der Waals surface area contributed by atoms with Crippen LogP contribution in [0, 0.1) is 11.6 Å². The van der Waals surface area contributed by atoms with Gasteiger partial charge in [-0.3, -0.25) is 20.0 Å². The van der Waals surface area contributed by atoms with Gasteiger partial charge in [-0.15, -0.1) is 9.24 Å². The average molecular weight is 421 g/mol. The largest absolute Gasteiger partial charge is 0.336 e. The van der Waals surface area contributed by atoms with E-state index in [0.717, 1.165) is 18.2 Å². The van der Waals surface area contributed by atoms with Gasteiger partial charge in [0, 0.05) is 43.9 Å². The summed E-state index contributed by atoms with van der Waals surface area (Å²) in [4.78, 5) is 21.8. The van der Waals surface area contributed by atoms with Crippen LogP contribution in [0.2, 0.25) is 0 Å². The SMILES string of the molecule is CCCONc1ccc(C(=O)N2CCN(Cc3c(P)ccc(F)c3F)CC2)cc1. The van der Waals surface area contributed by atoms with Gasteiger partial charge in [0.05, 0.1) is 12.3 Å². The molecule has 1 aliphatic rings. The number of piperazine rings is 1. The van der Waals surface area contributed by atoms with Crippen LogP contribution >= 0.6 is 9.24 Å². The van der Waals surface area contributed by atoms with Gasteiger partial charge in [0.25, 0.3) is 5.91 Å². The molecule has 0 aliphatic carbocycles. The molecule has 0 radical (unpaired) electrons. The minimum atomic E-state index is -0.835. The fourth-order valence-electron chi connectivity index (χ4n) is 3.20. The van der Waals surface area contributed by atoms with E-state index in [0.29, 0.717) is 55.8 Å². The van der Waals surface area contributed by atoms with E-state index in [1.54, 1.807) is 23.1 Å². The van der Waals surface area contributed by atoms with E-state index in [-0.39, 0.29) is 5.91 Å². The molecule has 2 aromatic rings. The number of hydrogen-bond donors (Lipinski definition) is 1. The van der Waals surface area contributed by atoms with Crippen LogP contribution in [0.25, 0.3) is 0 Å². The minimum Gasteiger partial charge on any atom is -0.336 e. The smallest absolute Gasteiger partial charge is 0.253 e. The second kappa shape index (κ2) is 10.1. The molecule has 0 saturated carbocycles. The summed E-state index contributed by atoms with van der Waals surface area (Å²) in [6, 6.07) is 9.86. The van der Waals surface area contributed by atoms with Crippen LogP contribution in [0.5, 0.6) is 0 Å². The Morgan fingerprint density at radius 3 is 2.45 bits per heavy atom. The van der Waals surface area contributed by atoms with Crippen molar-refractivity contribution < 1.29 is 18.4 Å². The molecule has 0 aromatic heterocycles. The van der Waals surface area contributed by atoms with Crippen LogP contribution < -0.4 is 10.8 Å². The molecule has 1 atom stereocenters. The molecule has 1 unspecified atom stereocenters. The van der Waals surface area contributed by atoms with E-state index in [1.165, 1.54) is 0 Å². The van der Waals surface area contributed by atoms with Crippen molar-refractivity contribution in [2.45, 2.75) is 19.9 Å². The summed E-state index contributed by atoms with van der Waals surface area (Å²) in [7, 11) is 2.45. The highest BCUT2D eigenvalue weighted by Crippen LogP contribution is 2.17. The summed E-state index contributed by atoms with van der Waals surface area (Å²) >= 11 is 0. The maximum Gasteiger partial charge on any atom is 0.253 e. The Labute approximate surface area is 172 Å². The number of benzene rings is 2. The fourth-order valence-corrected chi connectivity index (χ4v) is 3.52. The molecule has 3 rings (SSSR count). The molecular weight excluding hydrogens is 395 g/mol. The minimum absolute atomic E-state index is 0.0330. The van der Waals surface area contributed by atoms with Gasteiger partial charge >= 0.3 is 0 Å². The Hall–Kier alpha value is -2.08. The number of nitrogens with zero attached hydrogens (tertiary/aromatic N) is 2. The van der Waals surface area contributed by atoms with Gasteiger partial charge in [0.15, 0.2) is 11.6 Å². The summed E-state index contributed by atoms with van der Waals surface area (Å²) in [5.74, 6) is -1.67. The van der Waals surface area contributed by atoms with E-state index < -0.39 is 11.6 Å². The molecule has 156 valence electrons. The molecule has 1 saturated heterocycles. The molecule has 1 aliphatic heterocycles. The van der Waals surface area contributed by atoms with E-state index in [4.69, 9.17) is 4.84 Å². The lowest BCUT2D eigenvalue weighted by Gasteiger charge is -2.35. The van der Waals surface area contributed by atoms with Crippen molar-refractivity contribution >= 4 is 26.1 Å². The molecule has 29 heavy (non-hydrogen) atoms. The highest BCUT2D eigenvalue weighted by Gasteiger charge is 2.23. The highest BCUT2D eigenvalue weighted by molar-refractivity contribution is 7.27. The third-order valence-electron chi connectivity index (χ3n) is 4.90. The first-order chi connectivity index (χ1) is 14.0. The van der Waals surface area contributed by atoms with Crippen LogP contribution in [-0.4, -0.2) is 48.5 Å². The zero-order valence-corrected chi connectivity index (χ0v) is 17.6. The quantitative estimate of drug-likeness (QED) is 0.424. The lowest BCUT2D eigenvalue weighted by Crippen LogP contribution is -2.48. The first-order valence-corrected chi connectivity index (χ1v) is 10.3. The molecule has 1 fully saturated rings. The fraction of sp³-hybridized carbons (Fsp3) is 0.381. The van der Waals surface area contributed by atoms with Crippen molar-refractivity contribution in [3.8, 4) is 0 Å². The van der Waals surface area contributed by atoms with Crippen LogP contribution in [0.1, 0.15) is 29.3 Å². The molecule has 0 spiro atoms. The van der Waals surface area contributed by atoms with E-state index in [1.807, 2.05) is 24.0 Å². The van der Waals surface area contributed by atoms with Gasteiger partial charge in [-0.1, -0.05) is 13.0 Å². The van der Waals surface area contributed by atoms with Crippen LogP contribution in [0.4, 0.5) is 14.5 Å². The monoisotopic (exact) mass is 421 g/mol. The lowest BCUT2D eigenvalue weighted by atomic mass is 10.1. The first kappa shape index (κ1) is 21.6. The summed E-state index contributed by atoms with van der Waals surface area (Å²) in [5.41, 5.74) is 4.60. The summed E-state index contributed by atoms with van der Waals surface area (Å²) in [5, 5.41) is 0.652. The van der Waals surface area contributed by atoms with Crippen molar-refractivity contribution in [2.75, 3.05) is 38.3 Å². The number of hydrogen-bond acceptors (Lipinski definition) is 4. The predicted octanol–water partition coefficient (Wildman–Crippen LogP) is 3.18. The average Bonchev–Trinajstić information content (AvgIpc) is 2.75. The van der Waals surface area contributed by atoms with Crippen LogP contribution in [0.15, 0.2) is 36.4 Å². The van der Waals surface area contributed by atoms with Crippen molar-refractivity contribution in [3.63, 3.8) is 0 Å². The molecule has 1 N–H and O–H groups in total. The standard InChI is InChI=1S/C21H26F2N3O2P/c1-2-13-28-24-16-5-3-15(4-6-16)21(27)26-11-9-25(10-12-26)14-17-19(29)8-7-18(22)20(17)23/h3-8,24H,2,9-14,29H2,1H3. The van der Waals surface area contributed by atoms with Crippen LogP contribution in [-0.2, 0) is 11.4 Å². The highest BCUT2D eigenvalue weighted by atomic mass is 31.0. The first-order valence-electron chi connectivity index (χ1n) is 9.71. The number of anilines is 1. The van der Waals surface area contributed by atoms with Gasteiger partial charge in [0.1, 0.15) is 0 Å². The van der Waals surface area contributed by atoms with E-state index >= 15 is 0 Å². The third kappa shape index (κ3) is 5.50. The second-order valence-electron chi connectivity index (χ2n) is 7.03. The molecule has 1 heterocycles. The predicted molar refractivity (Wildman–Crippen MR) is 113 cm³/mol. The van der Waals surface area contributed by atoms with Gasteiger partial charge < -0.3 is 4.90 Å². The number of carbonyl (C=O) groups is 1. The zero-order chi connectivity index (χ0) is 20.8. The molecule has 1 amide bonds. The summed E-state index contributed by atoms with van der Waals surface area (Å²) in [6.07, 6.45) is 0.916. The molecule has 8 heteroatoms. The lowest BCUT2D eigenvalue weighted by molar-refractivity contribution is 0.0627. The number of amides is 1. The van der Waals surface area contributed by atoms with Gasteiger partial charge in [0.2, 0.25) is 0 Å². The molecule has 2 aromatic carbocycles. The maximum atomic E-state index is 14.1. The summed E-state index contributed by atoms with van der Waals surface area (Å²) < 4.78 is 27.6. The molecule has 0 bridgehead atoms. The Bertz CT molecular complexity index is 841. The topological polar surface area (TPSA) is 44.8 Å². The van der Waals surface area contributed by atoms with Crippen LogP contribution in [0.3, 0.4) is 0 Å². The summed E-state index contributed by atoms with van der Waals surface area (Å²) in [6.45, 7) is 5.26. The van der Waals surface area contributed by atoms with Gasteiger partial charge in [-0.2, -0.15) is 0 Å². The van der Waals surface area contributed by atoms with Crippen molar-refractivity contribution in [3.05, 3.63) is 59.2 Å². The van der Waals surface area contributed by atoms with Crippen molar-refractivity contribution in [1.82, 2.24) is 9.80 Å². The third-order valence-corrected chi connectivity index (χ3v) is 5.44. The van der Waals surface area contributed by atoms with E-state index in [2.05, 4.69) is 14.7 Å². The number of rotatable bonds is 7. The van der Waals surface area contributed by atoms with Crippen molar-refractivity contribution in [1.29, 1.82) is 0 Å². The van der Waals surface area contributed by atoms with E-state index in [9.17, 15) is 13.6 Å². The molecular formula is C21H26F2N3O2P. The Morgan fingerprint density at radius 1 is 1.10 bits per heavy atom. The Morgan fingerprint density at radius 2 is 1.79 bits per heavy atom. The Kier molecular flexibility index (Phi) is 7.53. The van der Waals surface area contributed by atoms with Crippen molar-refractivity contribution in [2.24, 2.45) is 0 Å². The number of halogens is 2. The molecule has 5 nitrogen and oxygen atoms in total. The number of nitrogens with one attached hydrogen (secondary N) is 1. The van der Waals surface area contributed by atoms with Gasteiger partial charge in [-0.05, 0) is 42.1 Å². The number of carbonyl (C=O) groups excluding carboxylic acids is 1. The zero-order valence-electron chi connectivity index (χ0n) is 16.5. The second-order valence-corrected chi connectivity index (χ2v) is 7.65.